The minimum atomic E-state index is -0.0623. The largest absolute Gasteiger partial charge is 0.345 e. The van der Waals surface area contributed by atoms with Crippen LogP contribution in [-0.4, -0.2) is 34.2 Å². The fourth-order valence-corrected chi connectivity index (χ4v) is 2.16. The topological polar surface area (TPSA) is 38.1 Å². The van der Waals surface area contributed by atoms with E-state index < -0.39 is 0 Å². The summed E-state index contributed by atoms with van der Waals surface area (Å²) >= 11 is 0. The number of hydrogen-bond donors (Lipinski definition) is 0. The molecule has 4 heteroatoms. The standard InChI is InChI=1S/C16H27N3O/c1-6-11-18(5)16(20)14(3)8-7-13(2)12-19-15(4)9-10-17-19/h7-10,13-14H,6,11-12H2,1-5H3/b8-7-. The number of hydrogen-bond acceptors (Lipinski definition) is 2. The molecule has 0 aromatic carbocycles. The van der Waals surface area contributed by atoms with Crippen LogP contribution in [0.2, 0.25) is 0 Å². The SMILES string of the molecule is CCCN(C)C(=O)C(C)/C=C\C(C)Cn1nccc1C. The maximum absolute atomic E-state index is 12.1. The second-order valence-corrected chi connectivity index (χ2v) is 5.57. The Kier molecular flexibility index (Phi) is 6.49. The molecule has 0 aliphatic heterocycles. The van der Waals surface area contributed by atoms with Crippen LogP contribution in [0, 0.1) is 18.8 Å². The highest BCUT2D eigenvalue weighted by atomic mass is 16.2. The Morgan fingerprint density at radius 1 is 1.45 bits per heavy atom. The molecule has 0 radical (unpaired) electrons. The van der Waals surface area contributed by atoms with Crippen LogP contribution in [0.1, 0.15) is 32.9 Å². The summed E-state index contributed by atoms with van der Waals surface area (Å²) in [5.74, 6) is 0.485. The number of carbonyl (C=O) groups excluding carboxylic acids is 1. The fraction of sp³-hybridized carbons (Fsp3) is 0.625. The minimum absolute atomic E-state index is 0.0623. The van der Waals surface area contributed by atoms with E-state index in [0.717, 1.165) is 25.2 Å². The van der Waals surface area contributed by atoms with Crippen LogP contribution in [0.15, 0.2) is 24.4 Å². The summed E-state index contributed by atoms with van der Waals surface area (Å²) in [4.78, 5) is 13.9. The maximum Gasteiger partial charge on any atom is 0.228 e. The zero-order valence-corrected chi connectivity index (χ0v) is 13.3. The third kappa shape index (κ3) is 4.83. The van der Waals surface area contributed by atoms with Crippen LogP contribution < -0.4 is 0 Å². The molecule has 0 bridgehead atoms. The Hall–Kier alpha value is -1.58. The zero-order chi connectivity index (χ0) is 15.1. The second-order valence-electron chi connectivity index (χ2n) is 5.57. The van der Waals surface area contributed by atoms with Crippen molar-refractivity contribution < 1.29 is 4.79 Å². The molecule has 2 unspecified atom stereocenters. The lowest BCUT2D eigenvalue weighted by molar-refractivity contribution is -0.132. The highest BCUT2D eigenvalue weighted by Gasteiger charge is 2.14. The van der Waals surface area contributed by atoms with Crippen LogP contribution in [0.4, 0.5) is 0 Å². The molecule has 20 heavy (non-hydrogen) atoms. The fourth-order valence-electron chi connectivity index (χ4n) is 2.16. The highest BCUT2D eigenvalue weighted by Crippen LogP contribution is 2.09. The Balaban J connectivity index is 2.50. The molecule has 2 atom stereocenters. The summed E-state index contributed by atoms with van der Waals surface area (Å²) in [6.07, 6.45) is 6.94. The van der Waals surface area contributed by atoms with Crippen LogP contribution in [-0.2, 0) is 11.3 Å². The van der Waals surface area contributed by atoms with Gasteiger partial charge in [0.1, 0.15) is 0 Å². The van der Waals surface area contributed by atoms with Gasteiger partial charge in [0.25, 0.3) is 0 Å². The van der Waals surface area contributed by atoms with E-state index in [1.54, 1.807) is 4.90 Å². The third-order valence-corrected chi connectivity index (χ3v) is 3.44. The van der Waals surface area contributed by atoms with Gasteiger partial charge in [0.15, 0.2) is 0 Å². The number of aryl methyl sites for hydroxylation is 1. The molecule has 0 saturated heterocycles. The molecule has 1 amide bonds. The molecule has 0 fully saturated rings. The smallest absolute Gasteiger partial charge is 0.228 e. The van der Waals surface area contributed by atoms with Crippen molar-refractivity contribution in [1.29, 1.82) is 0 Å². The molecule has 112 valence electrons. The molecule has 1 rings (SSSR count). The van der Waals surface area contributed by atoms with E-state index in [9.17, 15) is 4.79 Å². The maximum atomic E-state index is 12.1. The monoisotopic (exact) mass is 277 g/mol. The lowest BCUT2D eigenvalue weighted by Crippen LogP contribution is -2.31. The second kappa shape index (κ2) is 7.88. The Bertz CT molecular complexity index is 450. The Morgan fingerprint density at radius 3 is 2.70 bits per heavy atom. The number of carbonyl (C=O) groups is 1. The first-order valence-corrected chi connectivity index (χ1v) is 7.37. The van der Waals surface area contributed by atoms with Crippen molar-refractivity contribution in [2.75, 3.05) is 13.6 Å². The average molecular weight is 277 g/mol. The number of aromatic nitrogens is 2. The van der Waals surface area contributed by atoms with Gasteiger partial charge < -0.3 is 4.90 Å². The van der Waals surface area contributed by atoms with E-state index in [1.165, 1.54) is 0 Å². The quantitative estimate of drug-likeness (QED) is 0.719. The van der Waals surface area contributed by atoms with Crippen LogP contribution >= 0.6 is 0 Å². The van der Waals surface area contributed by atoms with E-state index in [2.05, 4.69) is 31.9 Å². The number of allylic oxidation sites excluding steroid dienone is 1. The van der Waals surface area contributed by atoms with E-state index in [4.69, 9.17) is 0 Å². The number of amides is 1. The highest BCUT2D eigenvalue weighted by molar-refractivity contribution is 5.79. The van der Waals surface area contributed by atoms with Crippen LogP contribution in [0.5, 0.6) is 0 Å². The van der Waals surface area contributed by atoms with Gasteiger partial charge in [-0.15, -0.1) is 0 Å². The third-order valence-electron chi connectivity index (χ3n) is 3.44. The van der Waals surface area contributed by atoms with Gasteiger partial charge in [0, 0.05) is 32.0 Å². The van der Waals surface area contributed by atoms with E-state index in [0.29, 0.717) is 5.92 Å². The van der Waals surface area contributed by atoms with Gasteiger partial charge in [-0.2, -0.15) is 5.10 Å². The number of nitrogens with zero attached hydrogens (tertiary/aromatic N) is 3. The summed E-state index contributed by atoms with van der Waals surface area (Å²) in [5.41, 5.74) is 1.16. The van der Waals surface area contributed by atoms with Crippen molar-refractivity contribution in [3.63, 3.8) is 0 Å². The number of rotatable bonds is 7. The first-order valence-electron chi connectivity index (χ1n) is 7.37. The van der Waals surface area contributed by atoms with E-state index in [1.807, 2.05) is 37.0 Å². The zero-order valence-electron chi connectivity index (χ0n) is 13.3. The lowest BCUT2D eigenvalue weighted by Gasteiger charge is -2.19. The van der Waals surface area contributed by atoms with Gasteiger partial charge in [-0.05, 0) is 25.3 Å². The normalized spacial score (nSPS) is 14.4. The Labute approximate surface area is 122 Å². The van der Waals surface area contributed by atoms with Gasteiger partial charge in [-0.25, -0.2) is 0 Å². The van der Waals surface area contributed by atoms with Crippen molar-refractivity contribution in [2.45, 2.75) is 40.7 Å². The summed E-state index contributed by atoms with van der Waals surface area (Å²) in [5, 5.41) is 4.28. The molecule has 0 aliphatic carbocycles. The molecule has 1 aromatic rings. The molecule has 0 spiro atoms. The van der Waals surface area contributed by atoms with Gasteiger partial charge >= 0.3 is 0 Å². The summed E-state index contributed by atoms with van der Waals surface area (Å²) in [7, 11) is 1.87. The van der Waals surface area contributed by atoms with Crippen LogP contribution in [0.3, 0.4) is 0 Å². The first-order chi connectivity index (χ1) is 9.45. The molecule has 4 nitrogen and oxygen atoms in total. The molecule has 0 saturated carbocycles. The van der Waals surface area contributed by atoms with Gasteiger partial charge in [-0.1, -0.05) is 32.9 Å². The van der Waals surface area contributed by atoms with Gasteiger partial charge in [-0.3, -0.25) is 9.48 Å². The van der Waals surface area contributed by atoms with Crippen molar-refractivity contribution in [1.82, 2.24) is 14.7 Å². The molecule has 1 heterocycles. The Morgan fingerprint density at radius 2 is 2.15 bits per heavy atom. The van der Waals surface area contributed by atoms with Crippen molar-refractivity contribution in [3.8, 4) is 0 Å². The van der Waals surface area contributed by atoms with Crippen molar-refractivity contribution in [3.05, 3.63) is 30.1 Å². The lowest BCUT2D eigenvalue weighted by atomic mass is 10.1. The van der Waals surface area contributed by atoms with Crippen LogP contribution in [0.25, 0.3) is 0 Å². The van der Waals surface area contributed by atoms with E-state index in [-0.39, 0.29) is 11.8 Å². The average Bonchev–Trinajstić information content (AvgIpc) is 2.81. The molecule has 0 N–H and O–H groups in total. The van der Waals surface area contributed by atoms with Gasteiger partial charge in [0.2, 0.25) is 5.91 Å². The molecular weight excluding hydrogens is 250 g/mol. The molecular formula is C16H27N3O. The van der Waals surface area contributed by atoms with Gasteiger partial charge in [0.05, 0.1) is 5.92 Å². The minimum Gasteiger partial charge on any atom is -0.345 e. The summed E-state index contributed by atoms with van der Waals surface area (Å²) in [6.45, 7) is 9.90. The molecule has 0 aliphatic rings. The van der Waals surface area contributed by atoms with E-state index >= 15 is 0 Å². The van der Waals surface area contributed by atoms with Crippen molar-refractivity contribution in [2.24, 2.45) is 11.8 Å². The summed E-state index contributed by atoms with van der Waals surface area (Å²) < 4.78 is 1.99. The molecule has 1 aromatic heterocycles. The predicted octanol–water partition coefficient (Wildman–Crippen LogP) is 2.89. The predicted molar refractivity (Wildman–Crippen MR) is 82.4 cm³/mol. The van der Waals surface area contributed by atoms with Crippen molar-refractivity contribution >= 4 is 5.91 Å². The first kappa shape index (κ1) is 16.5. The summed E-state index contributed by atoms with van der Waals surface area (Å²) in [6, 6.07) is 2.00.